The van der Waals surface area contributed by atoms with Crippen LogP contribution in [0.2, 0.25) is 0 Å². The minimum atomic E-state index is 0. The Hall–Kier alpha value is -0.534. The van der Waals surface area contributed by atoms with E-state index < -0.39 is 0 Å². The molecule has 0 aromatic heterocycles. The van der Waals surface area contributed by atoms with E-state index in [9.17, 15) is 0 Å². The fraction of sp³-hybridized carbons (Fsp3) is 0.273. The molecule has 0 fully saturated rings. The van der Waals surface area contributed by atoms with E-state index in [2.05, 4.69) is 19.6 Å². The van der Waals surface area contributed by atoms with Gasteiger partial charge in [-0.25, -0.2) is 24.3 Å². The number of allylic oxidation sites excluding steroid dienone is 5. The minimum absolute atomic E-state index is 0. The maximum absolute atomic E-state index is 5.06. The molecule has 0 aromatic rings. The van der Waals surface area contributed by atoms with Gasteiger partial charge in [-0.1, -0.05) is 19.8 Å². The molecule has 0 aliphatic rings. The summed E-state index contributed by atoms with van der Waals surface area (Å²) in [4.78, 5) is 0. The number of hydrogen-bond donors (Lipinski definition) is 0. The molecule has 0 rings (SSSR count). The van der Waals surface area contributed by atoms with Crippen LogP contribution < -0.4 is 0 Å². The van der Waals surface area contributed by atoms with E-state index in [1.165, 1.54) is 18.6 Å². The van der Waals surface area contributed by atoms with Gasteiger partial charge in [0.25, 0.3) is 0 Å². The van der Waals surface area contributed by atoms with Crippen molar-refractivity contribution in [2.75, 3.05) is 0 Å². The van der Waals surface area contributed by atoms with Gasteiger partial charge in [0.1, 0.15) is 0 Å². The van der Waals surface area contributed by atoms with Crippen LogP contribution in [-0.2, 0) is 16.8 Å². The van der Waals surface area contributed by atoms with Crippen LogP contribution in [0.25, 0.3) is 0 Å². The van der Waals surface area contributed by atoms with E-state index in [4.69, 9.17) is 13.2 Å². The van der Waals surface area contributed by atoms with Gasteiger partial charge >= 0.3 is 16.8 Å². The second kappa shape index (κ2) is 22.4. The predicted octanol–water partition coefficient (Wildman–Crippen LogP) is 3.49. The zero-order valence-corrected chi connectivity index (χ0v) is 8.54. The van der Waals surface area contributed by atoms with Crippen molar-refractivity contribution in [3.63, 3.8) is 0 Å². The molecule has 0 bridgehead atoms. The Balaban J connectivity index is -0.000000142. The van der Waals surface area contributed by atoms with Crippen molar-refractivity contribution in [3.8, 4) is 0 Å². The molecule has 0 N–H and O–H groups in total. The molecule has 0 saturated heterocycles. The van der Waals surface area contributed by atoms with Crippen molar-refractivity contribution < 1.29 is 16.8 Å². The average Bonchev–Trinajstić information content (AvgIpc) is 2.06. The van der Waals surface area contributed by atoms with Crippen molar-refractivity contribution >= 4 is 0 Å². The summed E-state index contributed by atoms with van der Waals surface area (Å²) in [5.41, 5.74) is 0. The molecule has 0 spiro atoms. The van der Waals surface area contributed by atoms with Crippen molar-refractivity contribution in [1.29, 1.82) is 0 Å². The third-order valence-electron chi connectivity index (χ3n) is 0.839. The van der Waals surface area contributed by atoms with Gasteiger partial charge in [0.15, 0.2) is 0 Å². The number of unbranched alkanes of at least 4 members (excludes halogenated alkanes) is 1. The molecule has 0 aliphatic heterocycles. The van der Waals surface area contributed by atoms with Gasteiger partial charge in [-0.15, -0.1) is 0 Å². The van der Waals surface area contributed by atoms with Gasteiger partial charge in [-0.3, -0.25) is 13.2 Å². The molecule has 0 amide bonds. The minimum Gasteiger partial charge on any atom is -0.293 e. The van der Waals surface area contributed by atoms with Crippen LogP contribution in [0.4, 0.5) is 0 Å². The fourth-order valence-corrected chi connectivity index (χ4v) is 0.341. The molecule has 0 unspecified atom stereocenters. The largest absolute Gasteiger partial charge is 2.00 e. The molecule has 0 nitrogen and oxygen atoms in total. The van der Waals surface area contributed by atoms with Crippen molar-refractivity contribution in [2.24, 2.45) is 0 Å². The van der Waals surface area contributed by atoms with E-state index in [1.807, 2.05) is 6.08 Å². The van der Waals surface area contributed by atoms with Gasteiger partial charge in [0.2, 0.25) is 0 Å². The van der Waals surface area contributed by atoms with Crippen LogP contribution >= 0.6 is 0 Å². The van der Waals surface area contributed by atoms with Crippen LogP contribution in [0, 0.1) is 13.2 Å². The molecular weight excluding hydrogens is 191 g/mol. The van der Waals surface area contributed by atoms with Gasteiger partial charge in [-0.05, 0) is 0 Å². The van der Waals surface area contributed by atoms with Crippen LogP contribution in [0.3, 0.4) is 0 Å². The van der Waals surface area contributed by atoms with E-state index in [0.717, 1.165) is 6.42 Å². The van der Waals surface area contributed by atoms with Crippen molar-refractivity contribution in [2.45, 2.75) is 19.8 Å². The Labute approximate surface area is 87.0 Å². The standard InChI is InChI=1S/C7H11.C4H5.Co/c1-3-5-7-6-4-2;1-3-4-2;/h1,3,5,7H,4,6H2,2H3;1,3-4H,2H2;/q2*-1;+2. The first-order chi connectivity index (χ1) is 5.33. The van der Waals surface area contributed by atoms with Gasteiger partial charge in [0, 0.05) is 0 Å². The summed E-state index contributed by atoms with van der Waals surface area (Å²) >= 11 is 0. The zero-order chi connectivity index (χ0) is 8.95. The van der Waals surface area contributed by atoms with E-state index in [0.29, 0.717) is 0 Å². The average molecular weight is 207 g/mol. The summed E-state index contributed by atoms with van der Waals surface area (Å²) in [5, 5.41) is 0. The van der Waals surface area contributed by atoms with Gasteiger partial charge in [-0.2, -0.15) is 12.7 Å². The Kier molecular flexibility index (Phi) is 32.8. The first-order valence-electron chi connectivity index (χ1n) is 3.69. The van der Waals surface area contributed by atoms with Crippen LogP contribution in [0.1, 0.15) is 19.8 Å². The topological polar surface area (TPSA) is 0 Å². The summed E-state index contributed by atoms with van der Waals surface area (Å²) in [7, 11) is 0. The molecular formula is C11H16Co. The molecule has 12 heavy (non-hydrogen) atoms. The smallest absolute Gasteiger partial charge is 0.293 e. The van der Waals surface area contributed by atoms with Crippen LogP contribution in [-0.4, -0.2) is 0 Å². The first-order valence-corrected chi connectivity index (χ1v) is 3.69. The molecule has 69 valence electrons. The second-order valence-electron chi connectivity index (χ2n) is 1.84. The molecule has 1 radical (unpaired) electrons. The second-order valence-corrected chi connectivity index (χ2v) is 1.84. The van der Waals surface area contributed by atoms with Crippen LogP contribution in [0.15, 0.2) is 37.0 Å². The van der Waals surface area contributed by atoms with E-state index in [1.54, 1.807) is 6.08 Å². The summed E-state index contributed by atoms with van der Waals surface area (Å²) < 4.78 is 0. The molecule has 0 aromatic carbocycles. The van der Waals surface area contributed by atoms with Gasteiger partial charge in [0.05, 0.1) is 0 Å². The Morgan fingerprint density at radius 3 is 2.00 bits per heavy atom. The summed E-state index contributed by atoms with van der Waals surface area (Å²) in [6.07, 6.45) is 10.7. The number of rotatable bonds is 4. The summed E-state index contributed by atoms with van der Waals surface area (Å²) in [6.45, 7) is 15.3. The first kappa shape index (κ1) is 17.5. The molecule has 0 saturated carbocycles. The zero-order valence-electron chi connectivity index (χ0n) is 7.50. The van der Waals surface area contributed by atoms with Crippen LogP contribution in [0.5, 0.6) is 0 Å². The summed E-state index contributed by atoms with van der Waals surface area (Å²) in [6, 6.07) is 0. The van der Waals surface area contributed by atoms with Gasteiger partial charge < -0.3 is 0 Å². The summed E-state index contributed by atoms with van der Waals surface area (Å²) in [5.74, 6) is 0. The molecule has 0 heterocycles. The monoisotopic (exact) mass is 207 g/mol. The SMILES string of the molecule is [CH-]=CC=C.[CH-]=CC=CCCC.[Co+2]. The van der Waals surface area contributed by atoms with E-state index >= 15 is 0 Å². The Bertz CT molecular complexity index is 117. The maximum Gasteiger partial charge on any atom is 2.00 e. The quantitative estimate of drug-likeness (QED) is 0.489. The molecule has 0 aliphatic carbocycles. The molecule has 0 atom stereocenters. The predicted molar refractivity (Wildman–Crippen MR) is 52.0 cm³/mol. The third-order valence-corrected chi connectivity index (χ3v) is 0.839. The normalized spacial score (nSPS) is 7.42. The third kappa shape index (κ3) is 34.0. The van der Waals surface area contributed by atoms with Crippen molar-refractivity contribution in [3.05, 3.63) is 50.1 Å². The van der Waals surface area contributed by atoms with E-state index in [-0.39, 0.29) is 16.8 Å². The molecule has 1 heteroatoms. The maximum atomic E-state index is 5.06. The number of hydrogen-bond acceptors (Lipinski definition) is 0. The van der Waals surface area contributed by atoms with Crippen molar-refractivity contribution in [1.82, 2.24) is 0 Å². The Morgan fingerprint density at radius 1 is 1.25 bits per heavy atom. The fourth-order valence-electron chi connectivity index (χ4n) is 0.341. The Morgan fingerprint density at radius 2 is 1.75 bits per heavy atom.